The highest BCUT2D eigenvalue weighted by Crippen LogP contribution is 2.20. The second-order valence-electron chi connectivity index (χ2n) is 4.40. The van der Waals surface area contributed by atoms with Crippen LogP contribution in [0.25, 0.3) is 0 Å². The van der Waals surface area contributed by atoms with Gasteiger partial charge in [-0.25, -0.2) is 4.39 Å². The van der Waals surface area contributed by atoms with E-state index >= 15 is 0 Å². The van der Waals surface area contributed by atoms with Crippen LogP contribution >= 0.6 is 22.9 Å². The van der Waals surface area contributed by atoms with E-state index in [1.807, 2.05) is 6.07 Å². The van der Waals surface area contributed by atoms with Crippen LogP contribution in [0.3, 0.4) is 0 Å². The molecule has 0 fully saturated rings. The van der Waals surface area contributed by atoms with Gasteiger partial charge in [-0.2, -0.15) is 0 Å². The van der Waals surface area contributed by atoms with E-state index < -0.39 is 0 Å². The van der Waals surface area contributed by atoms with Crippen LogP contribution in [0.5, 0.6) is 0 Å². The van der Waals surface area contributed by atoms with Crippen LogP contribution in [0.4, 0.5) is 4.39 Å². The minimum absolute atomic E-state index is 0.0371. The van der Waals surface area contributed by atoms with Gasteiger partial charge in [0, 0.05) is 10.9 Å². The number of rotatable bonds is 6. The minimum Gasteiger partial charge on any atom is -0.271 e. The maximum atomic E-state index is 13.8. The Kier molecular flexibility index (Phi) is 5.34. The van der Waals surface area contributed by atoms with Crippen molar-refractivity contribution >= 4 is 22.9 Å². The Balaban J connectivity index is 1.96. The van der Waals surface area contributed by atoms with E-state index in [0.717, 1.165) is 12.8 Å². The molecular weight excluding hydrogens is 283 g/mol. The van der Waals surface area contributed by atoms with E-state index in [4.69, 9.17) is 17.4 Å². The summed E-state index contributed by atoms with van der Waals surface area (Å²) in [5.74, 6) is 5.20. The van der Waals surface area contributed by atoms with Crippen LogP contribution in [0.15, 0.2) is 35.7 Å². The fourth-order valence-electron chi connectivity index (χ4n) is 1.99. The quantitative estimate of drug-likeness (QED) is 0.632. The lowest BCUT2D eigenvalue weighted by Gasteiger charge is -2.16. The van der Waals surface area contributed by atoms with Gasteiger partial charge in [-0.3, -0.25) is 11.3 Å². The molecule has 1 aromatic heterocycles. The first-order valence-electron chi connectivity index (χ1n) is 6.12. The van der Waals surface area contributed by atoms with Gasteiger partial charge in [0.25, 0.3) is 0 Å². The summed E-state index contributed by atoms with van der Waals surface area (Å²) in [6.45, 7) is 0. The molecule has 1 atom stereocenters. The molecule has 0 radical (unpaired) electrons. The standard InChI is InChI=1S/C14H16ClFN2S/c15-13-5-1-3-10(14(13)16)9-11(18-17)6-7-12-4-2-8-19-12/h1-5,8,11,18H,6-7,9,17H2. The minimum atomic E-state index is -0.347. The normalized spacial score (nSPS) is 12.6. The summed E-state index contributed by atoms with van der Waals surface area (Å²) in [7, 11) is 0. The molecule has 0 aliphatic carbocycles. The number of hydrogen-bond acceptors (Lipinski definition) is 3. The second-order valence-corrected chi connectivity index (χ2v) is 5.84. The summed E-state index contributed by atoms with van der Waals surface area (Å²) in [5, 5.41) is 2.21. The molecule has 102 valence electrons. The molecule has 1 heterocycles. The number of thiophene rings is 1. The molecule has 0 bridgehead atoms. The highest BCUT2D eigenvalue weighted by molar-refractivity contribution is 7.09. The molecule has 1 aromatic carbocycles. The zero-order valence-electron chi connectivity index (χ0n) is 10.4. The highest BCUT2D eigenvalue weighted by atomic mass is 35.5. The van der Waals surface area contributed by atoms with Crippen LogP contribution in [-0.4, -0.2) is 6.04 Å². The van der Waals surface area contributed by atoms with Crippen molar-refractivity contribution in [3.8, 4) is 0 Å². The molecule has 0 amide bonds. The summed E-state index contributed by atoms with van der Waals surface area (Å²) < 4.78 is 13.8. The Morgan fingerprint density at radius 1 is 1.32 bits per heavy atom. The van der Waals surface area contributed by atoms with Crippen molar-refractivity contribution in [3.63, 3.8) is 0 Å². The number of aryl methyl sites for hydroxylation is 1. The second kappa shape index (κ2) is 7.01. The molecular formula is C14H16ClFN2S. The van der Waals surface area contributed by atoms with Gasteiger partial charge in [0.05, 0.1) is 5.02 Å². The average molecular weight is 299 g/mol. The molecule has 2 nitrogen and oxygen atoms in total. The van der Waals surface area contributed by atoms with Crippen LogP contribution in [-0.2, 0) is 12.8 Å². The molecule has 0 aliphatic heterocycles. The smallest absolute Gasteiger partial charge is 0.145 e. The molecule has 0 spiro atoms. The predicted molar refractivity (Wildman–Crippen MR) is 78.9 cm³/mol. The van der Waals surface area contributed by atoms with Gasteiger partial charge in [0.15, 0.2) is 0 Å². The summed E-state index contributed by atoms with van der Waals surface area (Å²) in [4.78, 5) is 1.31. The third kappa shape index (κ3) is 4.01. The van der Waals surface area contributed by atoms with Gasteiger partial charge < -0.3 is 0 Å². The summed E-state index contributed by atoms with van der Waals surface area (Å²) >= 11 is 7.50. The van der Waals surface area contributed by atoms with Gasteiger partial charge in [0.1, 0.15) is 5.82 Å². The average Bonchev–Trinajstić information content (AvgIpc) is 2.92. The van der Waals surface area contributed by atoms with Gasteiger partial charge in [0.2, 0.25) is 0 Å². The third-order valence-electron chi connectivity index (χ3n) is 3.05. The fraction of sp³-hybridized carbons (Fsp3) is 0.286. The summed E-state index contributed by atoms with van der Waals surface area (Å²) in [6.07, 6.45) is 2.34. The number of hydrazine groups is 1. The van der Waals surface area contributed by atoms with Crippen LogP contribution in [0, 0.1) is 5.82 Å². The fourth-order valence-corrected chi connectivity index (χ4v) is 2.91. The molecule has 0 aliphatic rings. The number of benzene rings is 1. The molecule has 0 saturated carbocycles. The Bertz CT molecular complexity index is 516. The van der Waals surface area contributed by atoms with Crippen molar-refractivity contribution in [1.82, 2.24) is 5.43 Å². The summed E-state index contributed by atoms with van der Waals surface area (Å²) in [6, 6.07) is 9.22. The van der Waals surface area contributed by atoms with E-state index in [1.165, 1.54) is 4.88 Å². The monoisotopic (exact) mass is 298 g/mol. The first-order chi connectivity index (χ1) is 9.20. The molecule has 19 heavy (non-hydrogen) atoms. The first-order valence-corrected chi connectivity index (χ1v) is 7.38. The van der Waals surface area contributed by atoms with E-state index in [9.17, 15) is 4.39 Å². The van der Waals surface area contributed by atoms with Crippen molar-refractivity contribution in [1.29, 1.82) is 0 Å². The maximum absolute atomic E-state index is 13.8. The lowest BCUT2D eigenvalue weighted by molar-refractivity contribution is 0.481. The zero-order valence-corrected chi connectivity index (χ0v) is 12.0. The topological polar surface area (TPSA) is 38.0 Å². The molecule has 0 saturated heterocycles. The van der Waals surface area contributed by atoms with Crippen LogP contribution < -0.4 is 11.3 Å². The van der Waals surface area contributed by atoms with Crippen molar-refractivity contribution in [2.45, 2.75) is 25.3 Å². The lowest BCUT2D eigenvalue weighted by Crippen LogP contribution is -2.37. The Morgan fingerprint density at radius 3 is 2.84 bits per heavy atom. The number of nitrogens with one attached hydrogen (secondary N) is 1. The van der Waals surface area contributed by atoms with E-state index in [0.29, 0.717) is 12.0 Å². The highest BCUT2D eigenvalue weighted by Gasteiger charge is 2.13. The zero-order chi connectivity index (χ0) is 13.7. The molecule has 1 unspecified atom stereocenters. The van der Waals surface area contributed by atoms with Crippen LogP contribution in [0.1, 0.15) is 16.9 Å². The molecule has 2 rings (SSSR count). The number of hydrogen-bond donors (Lipinski definition) is 2. The van der Waals surface area contributed by atoms with Crippen molar-refractivity contribution in [3.05, 3.63) is 57.0 Å². The third-order valence-corrected chi connectivity index (χ3v) is 4.28. The number of halogens is 2. The predicted octanol–water partition coefficient (Wildman–Crippen LogP) is 3.55. The van der Waals surface area contributed by atoms with Crippen LogP contribution in [0.2, 0.25) is 5.02 Å². The van der Waals surface area contributed by atoms with Gasteiger partial charge >= 0.3 is 0 Å². The largest absolute Gasteiger partial charge is 0.271 e. The van der Waals surface area contributed by atoms with E-state index in [-0.39, 0.29) is 16.9 Å². The Morgan fingerprint density at radius 2 is 2.16 bits per heavy atom. The van der Waals surface area contributed by atoms with Crippen molar-refractivity contribution in [2.24, 2.45) is 5.84 Å². The SMILES string of the molecule is NNC(CCc1cccs1)Cc1cccc(Cl)c1F. The summed E-state index contributed by atoms with van der Waals surface area (Å²) in [5.41, 5.74) is 3.35. The molecule has 3 N–H and O–H groups in total. The Hall–Kier alpha value is -0.940. The first kappa shape index (κ1) is 14.5. The van der Waals surface area contributed by atoms with Gasteiger partial charge in [-0.15, -0.1) is 11.3 Å². The Labute approximate surface area is 121 Å². The maximum Gasteiger partial charge on any atom is 0.145 e. The molecule has 5 heteroatoms. The van der Waals surface area contributed by atoms with Gasteiger partial charge in [-0.1, -0.05) is 29.8 Å². The van der Waals surface area contributed by atoms with Crippen molar-refractivity contribution in [2.75, 3.05) is 0 Å². The van der Waals surface area contributed by atoms with E-state index in [1.54, 1.807) is 29.5 Å². The van der Waals surface area contributed by atoms with Gasteiger partial charge in [-0.05, 0) is 42.3 Å². The van der Waals surface area contributed by atoms with Crippen molar-refractivity contribution < 1.29 is 4.39 Å². The number of nitrogens with two attached hydrogens (primary N) is 1. The lowest BCUT2D eigenvalue weighted by atomic mass is 10.0. The molecule has 2 aromatic rings. The van der Waals surface area contributed by atoms with E-state index in [2.05, 4.69) is 16.9 Å².